The van der Waals surface area contributed by atoms with Crippen LogP contribution in [0.1, 0.15) is 29.0 Å². The zero-order valence-corrected chi connectivity index (χ0v) is 15.6. The van der Waals surface area contributed by atoms with Crippen LogP contribution in [0.4, 0.5) is 13.2 Å². The molecular formula is C20H21ClF3NO2. The van der Waals surface area contributed by atoms with Crippen LogP contribution in [0.25, 0.3) is 0 Å². The molecular weight excluding hydrogens is 379 g/mol. The Kier molecular flexibility index (Phi) is 7.27. The first kappa shape index (κ1) is 21.3. The standard InChI is InChI=1S/C20H21ClF3NO2/c1-14-7-8-16(12-18(14)21)17(9-10-26)13-25(20(22,23)24)19(27)11-15-5-3-2-4-6-15/h2-8,12,17,26H,9-11,13H2,1H3. The largest absolute Gasteiger partial charge is 0.487 e. The van der Waals surface area contributed by atoms with Gasteiger partial charge in [-0.25, -0.2) is 0 Å². The van der Waals surface area contributed by atoms with Crippen molar-refractivity contribution in [1.29, 1.82) is 0 Å². The number of hydrogen-bond acceptors (Lipinski definition) is 2. The number of rotatable bonds is 7. The fourth-order valence-corrected chi connectivity index (χ4v) is 3.00. The smallest absolute Gasteiger partial charge is 0.396 e. The summed E-state index contributed by atoms with van der Waals surface area (Å²) in [6, 6.07) is 13.3. The van der Waals surface area contributed by atoms with Gasteiger partial charge in [-0.15, -0.1) is 13.2 Å². The summed E-state index contributed by atoms with van der Waals surface area (Å²) in [6.07, 6.45) is -5.07. The van der Waals surface area contributed by atoms with E-state index in [4.69, 9.17) is 11.6 Å². The maximum atomic E-state index is 13.5. The summed E-state index contributed by atoms with van der Waals surface area (Å²) < 4.78 is 40.6. The van der Waals surface area contributed by atoms with Crippen LogP contribution < -0.4 is 0 Å². The van der Waals surface area contributed by atoms with Crippen molar-refractivity contribution in [3.05, 3.63) is 70.2 Å². The lowest BCUT2D eigenvalue weighted by Gasteiger charge is -2.29. The molecule has 2 aromatic carbocycles. The number of nitrogens with zero attached hydrogens (tertiary/aromatic N) is 1. The monoisotopic (exact) mass is 399 g/mol. The van der Waals surface area contributed by atoms with Crippen molar-refractivity contribution in [2.75, 3.05) is 13.2 Å². The van der Waals surface area contributed by atoms with Gasteiger partial charge in [0.05, 0.1) is 6.42 Å². The van der Waals surface area contributed by atoms with E-state index in [1.54, 1.807) is 55.5 Å². The van der Waals surface area contributed by atoms with Gasteiger partial charge < -0.3 is 5.11 Å². The number of alkyl halides is 3. The second kappa shape index (κ2) is 9.24. The first-order chi connectivity index (χ1) is 12.7. The lowest BCUT2D eigenvalue weighted by molar-refractivity contribution is -0.241. The van der Waals surface area contributed by atoms with Crippen LogP contribution in [0.3, 0.4) is 0 Å². The van der Waals surface area contributed by atoms with E-state index in [1.807, 2.05) is 0 Å². The summed E-state index contributed by atoms with van der Waals surface area (Å²) in [5.74, 6) is -1.72. The lowest BCUT2D eigenvalue weighted by atomic mass is 9.94. The first-order valence-corrected chi connectivity index (χ1v) is 8.88. The van der Waals surface area contributed by atoms with Crippen LogP contribution in [0.15, 0.2) is 48.5 Å². The topological polar surface area (TPSA) is 40.5 Å². The summed E-state index contributed by atoms with van der Waals surface area (Å²) in [6.45, 7) is 0.919. The van der Waals surface area contributed by atoms with Crippen molar-refractivity contribution in [3.8, 4) is 0 Å². The van der Waals surface area contributed by atoms with Crippen molar-refractivity contribution in [2.24, 2.45) is 0 Å². The highest BCUT2D eigenvalue weighted by molar-refractivity contribution is 6.31. The molecule has 0 aromatic heterocycles. The molecule has 2 aromatic rings. The summed E-state index contributed by atoms with van der Waals surface area (Å²) in [7, 11) is 0. The molecule has 0 radical (unpaired) electrons. The van der Waals surface area contributed by atoms with Crippen molar-refractivity contribution in [2.45, 2.75) is 32.0 Å². The first-order valence-electron chi connectivity index (χ1n) is 8.50. The molecule has 0 spiro atoms. The Balaban J connectivity index is 2.25. The Morgan fingerprint density at radius 3 is 2.41 bits per heavy atom. The van der Waals surface area contributed by atoms with Crippen LogP contribution in [0.2, 0.25) is 5.02 Å². The Hall–Kier alpha value is -2.05. The van der Waals surface area contributed by atoms with Gasteiger partial charge in [0, 0.05) is 24.1 Å². The molecule has 0 fully saturated rings. The number of aliphatic hydroxyl groups excluding tert-OH is 1. The number of benzene rings is 2. The van der Waals surface area contributed by atoms with Gasteiger partial charge in [-0.2, -0.15) is 0 Å². The van der Waals surface area contributed by atoms with E-state index in [0.717, 1.165) is 5.56 Å². The molecule has 0 saturated heterocycles. The third-order valence-corrected chi connectivity index (χ3v) is 4.76. The van der Waals surface area contributed by atoms with Crippen molar-refractivity contribution < 1.29 is 23.1 Å². The number of hydrogen-bond donors (Lipinski definition) is 1. The predicted octanol–water partition coefficient (Wildman–Crippen LogP) is 4.71. The normalized spacial score (nSPS) is 12.7. The van der Waals surface area contributed by atoms with E-state index < -0.39 is 24.7 Å². The molecule has 3 nitrogen and oxygen atoms in total. The highest BCUT2D eigenvalue weighted by atomic mass is 35.5. The van der Waals surface area contributed by atoms with E-state index >= 15 is 0 Å². The van der Waals surface area contributed by atoms with Crippen molar-refractivity contribution in [1.82, 2.24) is 4.90 Å². The molecule has 7 heteroatoms. The molecule has 0 heterocycles. The Labute approximate surface area is 161 Å². The molecule has 1 N–H and O–H groups in total. The minimum atomic E-state index is -4.81. The molecule has 1 atom stereocenters. The maximum absolute atomic E-state index is 13.5. The van der Waals surface area contributed by atoms with Crippen molar-refractivity contribution in [3.63, 3.8) is 0 Å². The minimum Gasteiger partial charge on any atom is -0.396 e. The zero-order chi connectivity index (χ0) is 20.0. The average molecular weight is 400 g/mol. The van der Waals surface area contributed by atoms with Gasteiger partial charge in [-0.3, -0.25) is 9.69 Å². The molecule has 0 aliphatic heterocycles. The van der Waals surface area contributed by atoms with E-state index in [9.17, 15) is 23.1 Å². The molecule has 27 heavy (non-hydrogen) atoms. The van der Waals surface area contributed by atoms with Gasteiger partial charge in [0.25, 0.3) is 0 Å². The number of halogens is 4. The summed E-state index contributed by atoms with van der Waals surface area (Å²) in [5.41, 5.74) is 1.87. The third-order valence-electron chi connectivity index (χ3n) is 4.35. The molecule has 0 saturated carbocycles. The molecule has 1 unspecified atom stereocenters. The van der Waals surface area contributed by atoms with E-state index in [0.29, 0.717) is 16.1 Å². The quantitative estimate of drug-likeness (QED) is 0.685. The molecule has 0 bridgehead atoms. The SMILES string of the molecule is Cc1ccc(C(CCO)CN(C(=O)Cc2ccccc2)C(F)(F)F)cc1Cl. The molecule has 2 rings (SSSR count). The van der Waals surface area contributed by atoms with Crippen LogP contribution in [0, 0.1) is 6.92 Å². The molecule has 0 aliphatic carbocycles. The van der Waals surface area contributed by atoms with Gasteiger partial charge in [0.15, 0.2) is 0 Å². The molecule has 1 amide bonds. The number of amides is 1. The van der Waals surface area contributed by atoms with E-state index in [-0.39, 0.29) is 24.3 Å². The second-order valence-corrected chi connectivity index (χ2v) is 6.76. The molecule has 146 valence electrons. The molecule has 0 aliphatic rings. The number of carbonyl (C=O) groups is 1. The summed E-state index contributed by atoms with van der Waals surface area (Å²) in [4.78, 5) is 12.3. The zero-order valence-electron chi connectivity index (χ0n) is 14.8. The van der Waals surface area contributed by atoms with Gasteiger partial charge >= 0.3 is 6.30 Å². The number of aryl methyl sites for hydroxylation is 1. The van der Waals surface area contributed by atoms with Crippen LogP contribution in [-0.4, -0.2) is 35.4 Å². The fourth-order valence-electron chi connectivity index (χ4n) is 2.82. The lowest BCUT2D eigenvalue weighted by Crippen LogP contribution is -2.46. The number of aliphatic hydroxyl groups is 1. The van der Waals surface area contributed by atoms with Gasteiger partial charge in [0.2, 0.25) is 5.91 Å². The Morgan fingerprint density at radius 1 is 1.19 bits per heavy atom. The van der Waals surface area contributed by atoms with Gasteiger partial charge in [-0.05, 0) is 36.1 Å². The fraction of sp³-hybridized carbons (Fsp3) is 0.350. The average Bonchev–Trinajstić information content (AvgIpc) is 2.60. The highest BCUT2D eigenvalue weighted by Crippen LogP contribution is 2.30. The van der Waals surface area contributed by atoms with Crippen LogP contribution in [-0.2, 0) is 11.2 Å². The number of carbonyl (C=O) groups excluding carboxylic acids is 1. The third kappa shape index (κ3) is 5.97. The van der Waals surface area contributed by atoms with Gasteiger partial charge in [0.1, 0.15) is 0 Å². The Bertz CT molecular complexity index is 766. The minimum absolute atomic E-state index is 0.0753. The van der Waals surface area contributed by atoms with Gasteiger partial charge in [-0.1, -0.05) is 54.1 Å². The van der Waals surface area contributed by atoms with Crippen LogP contribution >= 0.6 is 11.6 Å². The second-order valence-electron chi connectivity index (χ2n) is 6.35. The highest BCUT2D eigenvalue weighted by Gasteiger charge is 2.41. The summed E-state index contributed by atoms with van der Waals surface area (Å²) >= 11 is 6.09. The Morgan fingerprint density at radius 2 is 1.85 bits per heavy atom. The van der Waals surface area contributed by atoms with E-state index in [1.165, 1.54) is 0 Å². The van der Waals surface area contributed by atoms with Crippen molar-refractivity contribution >= 4 is 17.5 Å². The summed E-state index contributed by atoms with van der Waals surface area (Å²) in [5, 5.41) is 9.73. The van der Waals surface area contributed by atoms with E-state index in [2.05, 4.69) is 0 Å². The predicted molar refractivity (Wildman–Crippen MR) is 98.5 cm³/mol. The maximum Gasteiger partial charge on any atom is 0.487 e. The van der Waals surface area contributed by atoms with Crippen LogP contribution in [0.5, 0.6) is 0 Å².